The van der Waals surface area contributed by atoms with Gasteiger partial charge in [0.15, 0.2) is 11.5 Å². The molecule has 0 fully saturated rings. The second kappa shape index (κ2) is 27.2. The van der Waals surface area contributed by atoms with Crippen molar-refractivity contribution in [2.75, 3.05) is 27.9 Å². The quantitative estimate of drug-likeness (QED) is 0.0694. The Morgan fingerprint density at radius 3 is 2.08 bits per heavy atom. The largest absolute Gasteiger partial charge is 0.493 e. The number of carbonyl (C=O) groups excluding carboxylic acids is 1. The zero-order valence-electron chi connectivity index (χ0n) is 34.3. The summed E-state index contributed by atoms with van der Waals surface area (Å²) in [7, 11) is 4.82. The molecule has 0 saturated heterocycles. The molecule has 2 rings (SSSR count). The molecule has 1 atom stereocenters. The average molecular weight is 705 g/mol. The molecule has 0 spiro atoms. The lowest BCUT2D eigenvalue weighted by molar-refractivity contribution is -0.140. The van der Waals surface area contributed by atoms with Crippen LogP contribution in [0, 0.1) is 12.8 Å². The van der Waals surface area contributed by atoms with Crippen LogP contribution in [0.5, 0.6) is 17.2 Å². The van der Waals surface area contributed by atoms with Crippen LogP contribution >= 0.6 is 0 Å². The number of rotatable bonds is 22. The van der Waals surface area contributed by atoms with Gasteiger partial charge in [0.1, 0.15) is 5.75 Å². The predicted molar refractivity (Wildman–Crippen MR) is 219 cm³/mol. The first-order valence-corrected chi connectivity index (χ1v) is 19.7. The van der Waals surface area contributed by atoms with E-state index in [0.29, 0.717) is 12.3 Å². The standard InChI is InChI=1S/C31H44O3.C15H28O2/c1-10-14-24-17-23(7)30(34-20-21(5)11-2)19-28(24)27(22(6)12-3)18-25-15-16-29(32-8)31(33-9)26(25)13-4;1-3-4-5-6-7-8-9-10-11-12-13-14-15(16)17-2/h13,15-19,21H,10-12,14,20H2,1-9H3;8-9H,3-7,10-14H2,1-2H3/b25-18-,26-13+,27-22-;9-8+. The van der Waals surface area contributed by atoms with Gasteiger partial charge in [-0.15, -0.1) is 0 Å². The maximum Gasteiger partial charge on any atom is 0.305 e. The summed E-state index contributed by atoms with van der Waals surface area (Å²) in [6.07, 6.45) is 24.8. The molecular formula is C46H72O5. The van der Waals surface area contributed by atoms with Crippen LogP contribution in [0.3, 0.4) is 0 Å². The van der Waals surface area contributed by atoms with Crippen molar-refractivity contribution in [3.8, 4) is 17.2 Å². The average Bonchev–Trinajstić information content (AvgIpc) is 3.15. The number of ether oxygens (including phenoxy) is 4. The van der Waals surface area contributed by atoms with Gasteiger partial charge in [0.2, 0.25) is 0 Å². The molecule has 0 radical (unpaired) electrons. The molecule has 0 amide bonds. The van der Waals surface area contributed by atoms with Crippen LogP contribution in [0.25, 0.3) is 17.7 Å². The van der Waals surface area contributed by atoms with Gasteiger partial charge >= 0.3 is 5.97 Å². The first kappa shape index (κ1) is 45.6. The topological polar surface area (TPSA) is 54.0 Å². The minimum absolute atomic E-state index is 0.0866. The van der Waals surface area contributed by atoms with Crippen LogP contribution in [-0.2, 0) is 16.0 Å². The Kier molecular flexibility index (Phi) is 24.3. The van der Waals surface area contributed by atoms with Crippen molar-refractivity contribution >= 4 is 23.7 Å². The molecule has 2 aromatic rings. The van der Waals surface area contributed by atoms with Crippen LogP contribution in [0.1, 0.15) is 149 Å². The van der Waals surface area contributed by atoms with Gasteiger partial charge in [-0.25, -0.2) is 0 Å². The summed E-state index contributed by atoms with van der Waals surface area (Å²) in [5.74, 6) is 2.94. The minimum Gasteiger partial charge on any atom is -0.493 e. The van der Waals surface area contributed by atoms with E-state index in [1.54, 1.807) is 14.2 Å². The lowest BCUT2D eigenvalue weighted by atomic mass is 9.90. The van der Waals surface area contributed by atoms with Crippen molar-refractivity contribution < 1.29 is 23.7 Å². The normalized spacial score (nSPS) is 13.1. The number of benzene rings is 2. The molecule has 0 heterocycles. The molecule has 0 saturated carbocycles. The smallest absolute Gasteiger partial charge is 0.305 e. The molecule has 51 heavy (non-hydrogen) atoms. The van der Waals surface area contributed by atoms with Crippen molar-refractivity contribution in [3.63, 3.8) is 0 Å². The fourth-order valence-corrected chi connectivity index (χ4v) is 5.88. The monoisotopic (exact) mass is 705 g/mol. The second-order valence-corrected chi connectivity index (χ2v) is 13.6. The van der Waals surface area contributed by atoms with Crippen LogP contribution < -0.4 is 24.6 Å². The second-order valence-electron chi connectivity index (χ2n) is 13.6. The van der Waals surface area contributed by atoms with Crippen LogP contribution in [-0.4, -0.2) is 33.9 Å². The van der Waals surface area contributed by atoms with Gasteiger partial charge < -0.3 is 18.9 Å². The fraction of sp³-hybridized carbons (Fsp3) is 0.587. The first-order chi connectivity index (χ1) is 24.6. The van der Waals surface area contributed by atoms with Crippen molar-refractivity contribution in [1.82, 2.24) is 0 Å². The molecule has 0 aromatic heterocycles. The summed E-state index contributed by atoms with van der Waals surface area (Å²) in [5.41, 5.74) is 6.46. The molecular weight excluding hydrogens is 633 g/mol. The summed E-state index contributed by atoms with van der Waals surface area (Å²) < 4.78 is 22.2. The summed E-state index contributed by atoms with van der Waals surface area (Å²) in [6.45, 7) is 18.3. The van der Waals surface area contributed by atoms with E-state index in [2.05, 4.69) is 95.7 Å². The van der Waals surface area contributed by atoms with E-state index in [-0.39, 0.29) is 5.97 Å². The Balaban J connectivity index is 0.000000645. The van der Waals surface area contributed by atoms with Crippen LogP contribution in [0.15, 0.2) is 42.0 Å². The summed E-state index contributed by atoms with van der Waals surface area (Å²) in [5, 5.41) is 2.16. The third kappa shape index (κ3) is 16.6. The number of aryl methyl sites for hydroxylation is 2. The summed E-state index contributed by atoms with van der Waals surface area (Å²) in [4.78, 5) is 10.8. The molecule has 0 aliphatic heterocycles. The van der Waals surface area contributed by atoms with Gasteiger partial charge in [0.25, 0.3) is 0 Å². The fourth-order valence-electron chi connectivity index (χ4n) is 5.88. The third-order valence-electron chi connectivity index (χ3n) is 9.50. The number of carbonyl (C=O) groups is 1. The molecule has 0 aliphatic rings. The van der Waals surface area contributed by atoms with Gasteiger partial charge in [-0.05, 0) is 117 Å². The Morgan fingerprint density at radius 1 is 0.843 bits per heavy atom. The molecule has 1 unspecified atom stereocenters. The minimum atomic E-state index is -0.0866. The van der Waals surface area contributed by atoms with Crippen molar-refractivity contribution in [2.45, 2.75) is 145 Å². The van der Waals surface area contributed by atoms with Crippen molar-refractivity contribution in [3.05, 3.63) is 69.1 Å². The van der Waals surface area contributed by atoms with E-state index in [4.69, 9.17) is 14.2 Å². The lowest BCUT2D eigenvalue weighted by Gasteiger charge is -2.19. The summed E-state index contributed by atoms with van der Waals surface area (Å²) in [6, 6.07) is 8.69. The molecule has 0 N–H and O–H groups in total. The highest BCUT2D eigenvalue weighted by Gasteiger charge is 2.15. The molecule has 0 aliphatic carbocycles. The van der Waals surface area contributed by atoms with Crippen molar-refractivity contribution in [2.24, 2.45) is 5.92 Å². The zero-order valence-corrected chi connectivity index (χ0v) is 34.3. The van der Waals surface area contributed by atoms with Gasteiger partial charge in [-0.2, -0.15) is 0 Å². The van der Waals surface area contributed by atoms with Crippen LogP contribution in [0.4, 0.5) is 0 Å². The molecule has 286 valence electrons. The summed E-state index contributed by atoms with van der Waals surface area (Å²) >= 11 is 0. The van der Waals surface area contributed by atoms with Gasteiger partial charge in [-0.3, -0.25) is 4.79 Å². The first-order valence-electron chi connectivity index (χ1n) is 19.7. The SMILES string of the molecule is C/C=c1/c(OC)c(OC)cc/c1=C/C(=C(\C)CC)c1cc(OCC(C)CC)c(C)cc1CCC.CCCCCC/C=C/CCCCCC(=O)OC. The Bertz CT molecular complexity index is 1470. The number of allylic oxidation sites excluding steroid dienone is 4. The maximum absolute atomic E-state index is 10.8. The number of methoxy groups -OCH3 is 3. The molecule has 5 nitrogen and oxygen atoms in total. The lowest BCUT2D eigenvalue weighted by Crippen LogP contribution is -2.26. The zero-order chi connectivity index (χ0) is 38.0. The van der Waals surface area contributed by atoms with Crippen molar-refractivity contribution in [1.29, 1.82) is 0 Å². The van der Waals surface area contributed by atoms with Gasteiger partial charge in [0, 0.05) is 11.6 Å². The van der Waals surface area contributed by atoms with Gasteiger partial charge in [-0.1, -0.05) is 109 Å². The Labute approximate surface area is 312 Å². The highest BCUT2D eigenvalue weighted by molar-refractivity contribution is 5.92. The third-order valence-corrected chi connectivity index (χ3v) is 9.50. The number of hydrogen-bond donors (Lipinski definition) is 0. The van der Waals surface area contributed by atoms with E-state index >= 15 is 0 Å². The molecule has 2 aromatic carbocycles. The Hall–Kier alpha value is -3.47. The van der Waals surface area contributed by atoms with E-state index < -0.39 is 0 Å². The van der Waals surface area contributed by atoms with Gasteiger partial charge in [0.05, 0.1) is 27.9 Å². The number of unbranched alkanes of at least 4 members (excludes halogenated alkanes) is 7. The van der Waals surface area contributed by atoms with Crippen LogP contribution in [0.2, 0.25) is 0 Å². The highest BCUT2D eigenvalue weighted by atomic mass is 16.5. The number of hydrogen-bond acceptors (Lipinski definition) is 5. The molecule has 5 heteroatoms. The van der Waals surface area contributed by atoms with E-state index in [9.17, 15) is 4.79 Å². The van der Waals surface area contributed by atoms with E-state index in [1.165, 1.54) is 73.5 Å². The predicted octanol–water partition coefficient (Wildman–Crippen LogP) is 11.5. The molecule has 0 bridgehead atoms. The highest BCUT2D eigenvalue weighted by Crippen LogP contribution is 2.33. The number of esters is 1. The Morgan fingerprint density at radius 2 is 1.53 bits per heavy atom. The van der Waals surface area contributed by atoms with E-state index in [1.807, 2.05) is 13.0 Å². The van der Waals surface area contributed by atoms with E-state index in [0.717, 1.165) is 79.2 Å². The maximum atomic E-state index is 10.8.